The topological polar surface area (TPSA) is 193 Å². The van der Waals surface area contributed by atoms with E-state index in [9.17, 15) is 19.2 Å². The molecule has 14 rings (SSSR count). The first-order chi connectivity index (χ1) is 36.9. The van der Waals surface area contributed by atoms with Gasteiger partial charge in [-0.25, -0.2) is 19.6 Å². The maximum Gasteiger partial charge on any atom is 0.407 e. The number of alkyl carbamates (subject to hydrolysis) is 2. The van der Waals surface area contributed by atoms with Crippen LogP contribution in [0.25, 0.3) is 44.3 Å². The summed E-state index contributed by atoms with van der Waals surface area (Å²) in [6, 6.07) is 24.6. The van der Waals surface area contributed by atoms with Crippen LogP contribution in [0.3, 0.4) is 0 Å². The average Bonchev–Trinajstić information content (AvgIpc) is 4.30. The molecule has 4 heterocycles. The van der Waals surface area contributed by atoms with Crippen molar-refractivity contribution in [3.8, 4) is 22.3 Å². The van der Waals surface area contributed by atoms with Crippen molar-refractivity contribution in [1.82, 2.24) is 40.4 Å². The van der Waals surface area contributed by atoms with E-state index in [2.05, 4.69) is 93.4 Å². The number of benzene rings is 4. The second kappa shape index (κ2) is 21.7. The largest absolute Gasteiger partial charge is 0.453 e. The number of aryl methyl sites for hydroxylation is 4. The number of hydrogen-bond donors (Lipinski definition) is 4. The summed E-state index contributed by atoms with van der Waals surface area (Å²) in [5.41, 5.74) is 13.3. The van der Waals surface area contributed by atoms with Gasteiger partial charge in [0, 0.05) is 26.3 Å². The lowest BCUT2D eigenvalue weighted by Gasteiger charge is -2.37. The Morgan fingerprint density at radius 3 is 1.38 bits per heavy atom. The van der Waals surface area contributed by atoms with Gasteiger partial charge in [-0.1, -0.05) is 74.2 Å². The van der Waals surface area contributed by atoms with Gasteiger partial charge in [-0.2, -0.15) is 0 Å². The van der Waals surface area contributed by atoms with Gasteiger partial charge in [-0.3, -0.25) is 9.59 Å². The third-order valence-electron chi connectivity index (χ3n) is 17.8. The first-order valence-corrected chi connectivity index (χ1v) is 27.6. The van der Waals surface area contributed by atoms with Gasteiger partial charge in [0.05, 0.1) is 60.6 Å². The van der Waals surface area contributed by atoms with E-state index in [-0.39, 0.29) is 36.0 Å². The molecule has 4 bridgehead atoms. The van der Waals surface area contributed by atoms with Crippen LogP contribution in [0.1, 0.15) is 124 Å². The van der Waals surface area contributed by atoms with Crippen molar-refractivity contribution < 1.29 is 38.1 Å². The summed E-state index contributed by atoms with van der Waals surface area (Å²) in [6.07, 6.45) is 10.9. The summed E-state index contributed by atoms with van der Waals surface area (Å²) in [5.74, 6) is 1.88. The zero-order valence-corrected chi connectivity index (χ0v) is 44.7. The number of fused-ring (bicyclic) bond motifs is 4. The lowest BCUT2D eigenvalue weighted by atomic mass is 9.84. The fourth-order valence-corrected chi connectivity index (χ4v) is 13.6. The lowest BCUT2D eigenvalue weighted by molar-refractivity contribution is -0.141. The third kappa shape index (κ3) is 9.82. The van der Waals surface area contributed by atoms with Gasteiger partial charge in [0.2, 0.25) is 11.8 Å². The van der Waals surface area contributed by atoms with Gasteiger partial charge in [0.25, 0.3) is 0 Å². The van der Waals surface area contributed by atoms with Gasteiger partial charge in [0.1, 0.15) is 23.7 Å². The smallest absolute Gasteiger partial charge is 0.407 e. The van der Waals surface area contributed by atoms with Gasteiger partial charge in [-0.05, 0) is 159 Å². The zero-order chi connectivity index (χ0) is 52.8. The number of H-pyrrole nitrogens is 2. The summed E-state index contributed by atoms with van der Waals surface area (Å²) < 4.78 is 21.1. The molecule has 8 aliphatic rings. The fourth-order valence-electron chi connectivity index (χ4n) is 13.6. The maximum atomic E-state index is 14.6. The number of methoxy groups -OCH3 is 4. The van der Waals surface area contributed by atoms with E-state index >= 15 is 0 Å². The maximum absolute atomic E-state index is 14.6. The van der Waals surface area contributed by atoms with E-state index in [0.717, 1.165) is 135 Å². The minimum atomic E-state index is -0.906. The number of nitrogens with zero attached hydrogens (tertiary/aromatic N) is 4. The molecule has 4 N–H and O–H groups in total. The molecule has 2 saturated carbocycles. The van der Waals surface area contributed by atoms with Gasteiger partial charge in [0.15, 0.2) is 0 Å². The number of nitrogens with one attached hydrogen (secondary N) is 4. The SMILES string of the molecule is COC(=O)N[C@H](C(=O)N1C(c2nc3ccc(-c4cc5ccc4CCc4ccc(c(-c6ccc7nc([C@@H]8C[C@@H]9CCCC[C@@H]9N8C(=O)[C@@H](NC(=O)OC)[C@@H](C)OC)[nH]c7c6)c4)CC5)cc3[nH]2)C[C@@H]2CCCC[C@@H]21)[C@@H](C)OC. The van der Waals surface area contributed by atoms with Crippen LogP contribution in [0.15, 0.2) is 72.8 Å². The van der Waals surface area contributed by atoms with Crippen LogP contribution in [0.4, 0.5) is 9.59 Å². The van der Waals surface area contributed by atoms with Crippen molar-refractivity contribution in [2.24, 2.45) is 11.8 Å². The Morgan fingerprint density at radius 2 is 0.974 bits per heavy atom. The monoisotopic (exact) mass is 1030 g/mol. The quantitative estimate of drug-likeness (QED) is 0.0917. The highest BCUT2D eigenvalue weighted by atomic mass is 16.5. The van der Waals surface area contributed by atoms with Crippen LogP contribution in [0.5, 0.6) is 0 Å². The predicted molar refractivity (Wildman–Crippen MR) is 289 cm³/mol. The number of aromatic nitrogens is 4. The number of carbonyl (C=O) groups excluding carboxylic acids is 4. The van der Waals surface area contributed by atoms with E-state index in [0.29, 0.717) is 11.8 Å². The molecule has 1 unspecified atom stereocenters. The molecule has 16 heteroatoms. The van der Waals surface area contributed by atoms with E-state index in [1.165, 1.54) is 47.6 Å². The van der Waals surface area contributed by atoms with Crippen LogP contribution in [0, 0.1) is 11.8 Å². The Balaban J connectivity index is 0.849. The molecule has 0 spiro atoms. The van der Waals surface area contributed by atoms with Crippen LogP contribution in [-0.4, -0.2) is 119 Å². The number of rotatable bonds is 12. The molecule has 6 aliphatic carbocycles. The summed E-state index contributed by atoms with van der Waals surface area (Å²) in [6.45, 7) is 3.59. The molecule has 76 heavy (non-hydrogen) atoms. The second-order valence-corrected chi connectivity index (χ2v) is 22.0. The fraction of sp³-hybridized carbons (Fsp3) is 0.500. The molecule has 2 aliphatic heterocycles. The van der Waals surface area contributed by atoms with Crippen molar-refractivity contribution in [2.45, 2.75) is 152 Å². The molecule has 400 valence electrons. The van der Waals surface area contributed by atoms with Gasteiger partial charge < -0.3 is 49.3 Å². The van der Waals surface area contributed by atoms with Crippen molar-refractivity contribution in [2.75, 3.05) is 28.4 Å². The number of carbonyl (C=O) groups is 4. The Bertz CT molecular complexity index is 2940. The molecule has 2 saturated heterocycles. The molecule has 4 fully saturated rings. The van der Waals surface area contributed by atoms with Crippen molar-refractivity contribution in [3.63, 3.8) is 0 Å². The van der Waals surface area contributed by atoms with Crippen LogP contribution >= 0.6 is 0 Å². The highest BCUT2D eigenvalue weighted by Crippen LogP contribution is 2.48. The summed E-state index contributed by atoms with van der Waals surface area (Å²) >= 11 is 0. The van der Waals surface area contributed by atoms with Crippen molar-refractivity contribution in [3.05, 3.63) is 107 Å². The lowest BCUT2D eigenvalue weighted by Crippen LogP contribution is -2.56. The van der Waals surface area contributed by atoms with Gasteiger partial charge in [-0.15, -0.1) is 0 Å². The van der Waals surface area contributed by atoms with Crippen LogP contribution in [0.2, 0.25) is 0 Å². The average molecular weight is 1030 g/mol. The minimum Gasteiger partial charge on any atom is -0.453 e. The molecule has 0 radical (unpaired) electrons. The first-order valence-electron chi connectivity index (χ1n) is 27.6. The Hall–Kier alpha value is -6.78. The number of ether oxygens (including phenoxy) is 4. The third-order valence-corrected chi connectivity index (χ3v) is 17.8. The number of likely N-dealkylation sites (tertiary alicyclic amines) is 2. The molecular weight excluding hydrogens is 961 g/mol. The highest BCUT2D eigenvalue weighted by molar-refractivity contribution is 5.89. The molecule has 4 amide bonds. The van der Waals surface area contributed by atoms with E-state index < -0.39 is 36.5 Å². The summed E-state index contributed by atoms with van der Waals surface area (Å²) in [5, 5.41) is 5.53. The van der Waals surface area contributed by atoms with Crippen LogP contribution < -0.4 is 10.6 Å². The number of hydrogen-bond acceptors (Lipinski definition) is 10. The number of amides is 4. The molecule has 10 atom stereocenters. The Labute approximate surface area is 444 Å². The van der Waals surface area contributed by atoms with E-state index in [1.807, 2.05) is 9.80 Å². The summed E-state index contributed by atoms with van der Waals surface area (Å²) in [7, 11) is 5.69. The summed E-state index contributed by atoms with van der Waals surface area (Å²) in [4.78, 5) is 75.8. The minimum absolute atomic E-state index is 0.0567. The van der Waals surface area contributed by atoms with E-state index in [4.69, 9.17) is 28.9 Å². The Morgan fingerprint density at radius 1 is 0.553 bits per heavy atom. The predicted octanol–water partition coefficient (Wildman–Crippen LogP) is 9.84. The van der Waals surface area contributed by atoms with E-state index in [1.54, 1.807) is 28.1 Å². The Kier molecular flexibility index (Phi) is 14.6. The number of aromatic amines is 2. The molecule has 16 nitrogen and oxygen atoms in total. The molecule has 2 aromatic heterocycles. The van der Waals surface area contributed by atoms with Crippen molar-refractivity contribution >= 4 is 46.1 Å². The highest BCUT2D eigenvalue weighted by Gasteiger charge is 2.50. The number of imidazole rings is 2. The molecule has 4 aromatic carbocycles. The normalized spacial score (nSPS) is 23.8. The van der Waals surface area contributed by atoms with Gasteiger partial charge >= 0.3 is 12.2 Å². The van der Waals surface area contributed by atoms with Crippen molar-refractivity contribution in [1.29, 1.82) is 0 Å². The molecule has 6 aromatic rings. The zero-order valence-electron chi connectivity index (χ0n) is 44.7. The second-order valence-electron chi connectivity index (χ2n) is 22.0. The molecular formula is C60H72N8O8. The first kappa shape index (κ1) is 51.3. The van der Waals surface area contributed by atoms with Crippen LogP contribution in [-0.2, 0) is 54.2 Å². The standard InChI is InChI=1S/C60H72N8O8/c1-33(73-3)53(65-59(71)75-5)57(69)67-49-13-9-7-11-41(49)31-51(67)55-61-45-25-23-39(29-47(45)63-55)43-27-35-15-19-37(43)21-17-36-16-20-38(22-18-35)44(28-36)40-24-26-46-48(30-40)64-56(62-46)52-32-42-12-8-10-14-50(42)68(52)58(70)54(34(2)74-4)66-60(72)76-6/h15-16,19-20,23-30,33-34,41-42,49-54H,7-14,17-18,21-22,31-32H2,1-6H3,(H,61,63)(H,62,64)(H,65,71)(H,66,72)/t33-,34-,41+,42+,49+,50+,51+,52?,53+,54+/m1/s1.